The van der Waals surface area contributed by atoms with Crippen molar-refractivity contribution in [2.24, 2.45) is 5.92 Å². The van der Waals surface area contributed by atoms with Crippen LogP contribution in [0.15, 0.2) is 0 Å². The number of carboxylic acids is 1. The number of halogens is 2. The van der Waals surface area contributed by atoms with Crippen molar-refractivity contribution in [1.82, 2.24) is 5.32 Å². The first kappa shape index (κ1) is 10.7. The van der Waals surface area contributed by atoms with Gasteiger partial charge in [-0.3, -0.25) is 4.79 Å². The molecule has 0 aromatic rings. The van der Waals surface area contributed by atoms with Gasteiger partial charge >= 0.3 is 5.97 Å². The summed E-state index contributed by atoms with van der Waals surface area (Å²) in [5.74, 6) is -1.81. The van der Waals surface area contributed by atoms with Crippen molar-refractivity contribution >= 4 is 18.4 Å². The van der Waals surface area contributed by atoms with Crippen LogP contribution in [-0.4, -0.2) is 30.3 Å². The maximum Gasteiger partial charge on any atom is 0.309 e. The van der Waals surface area contributed by atoms with Gasteiger partial charge in [0.25, 0.3) is 0 Å². The molecule has 1 aliphatic rings. The van der Waals surface area contributed by atoms with E-state index in [1.165, 1.54) is 0 Å². The third-order valence-corrected chi connectivity index (χ3v) is 1.73. The minimum absolute atomic E-state index is 0. The predicted molar refractivity (Wildman–Crippen MR) is 40.8 cm³/mol. The Kier molecular flexibility index (Phi) is 4.37. The number of carbonyl (C=O) groups is 1. The average molecular weight is 184 g/mol. The van der Waals surface area contributed by atoms with E-state index in [1.807, 2.05) is 0 Å². The first-order valence-corrected chi connectivity index (χ1v) is 3.29. The number of hydrogen-bond acceptors (Lipinski definition) is 2. The molecule has 3 nitrogen and oxygen atoms in total. The number of nitrogens with one attached hydrogen (secondary N) is 1. The molecule has 0 spiro atoms. The number of aliphatic carboxylic acids is 1. The molecule has 1 heterocycles. The number of carboxylic acid groups (broad SMARTS) is 1. The largest absolute Gasteiger partial charge is 0.481 e. The first-order valence-electron chi connectivity index (χ1n) is 3.29. The molecular weight excluding hydrogens is 173 g/mol. The summed E-state index contributed by atoms with van der Waals surface area (Å²) in [5.41, 5.74) is 0. The quantitative estimate of drug-likeness (QED) is 0.620. The lowest BCUT2D eigenvalue weighted by Crippen LogP contribution is -2.41. The molecule has 0 unspecified atom stereocenters. The smallest absolute Gasteiger partial charge is 0.309 e. The highest BCUT2D eigenvalue weighted by Crippen LogP contribution is 2.15. The predicted octanol–water partition coefficient (Wildman–Crippen LogP) is 0.440. The van der Waals surface area contributed by atoms with E-state index in [9.17, 15) is 9.18 Å². The standard InChI is InChI=1S/C6H10FNO2.ClH/c7-5-3-8-2-1-4(5)6(9)10;/h4-5,8H,1-3H2,(H,9,10);1H/t4-,5-;/m0./s1. The van der Waals surface area contributed by atoms with Crippen LogP contribution in [0.1, 0.15) is 6.42 Å². The average Bonchev–Trinajstić information content (AvgIpc) is 1.88. The van der Waals surface area contributed by atoms with Crippen LogP contribution in [0.3, 0.4) is 0 Å². The Hall–Kier alpha value is -0.350. The molecule has 0 amide bonds. The van der Waals surface area contributed by atoms with E-state index in [0.29, 0.717) is 13.0 Å². The van der Waals surface area contributed by atoms with Gasteiger partial charge < -0.3 is 10.4 Å². The van der Waals surface area contributed by atoms with Gasteiger partial charge in [0, 0.05) is 6.54 Å². The Bertz CT molecular complexity index is 145. The summed E-state index contributed by atoms with van der Waals surface area (Å²) in [4.78, 5) is 10.3. The van der Waals surface area contributed by atoms with Crippen molar-refractivity contribution in [3.63, 3.8) is 0 Å². The fraction of sp³-hybridized carbons (Fsp3) is 0.833. The Morgan fingerprint density at radius 2 is 2.27 bits per heavy atom. The van der Waals surface area contributed by atoms with Crippen LogP contribution in [0.25, 0.3) is 0 Å². The Labute approximate surface area is 70.4 Å². The number of rotatable bonds is 1. The van der Waals surface area contributed by atoms with Gasteiger partial charge in [-0.2, -0.15) is 0 Å². The Balaban J connectivity index is 0.000001000. The van der Waals surface area contributed by atoms with E-state index < -0.39 is 18.1 Å². The maximum atomic E-state index is 12.7. The molecule has 0 radical (unpaired) electrons. The third kappa shape index (κ3) is 2.63. The van der Waals surface area contributed by atoms with Crippen molar-refractivity contribution < 1.29 is 14.3 Å². The lowest BCUT2D eigenvalue weighted by atomic mass is 9.97. The van der Waals surface area contributed by atoms with Crippen molar-refractivity contribution in [1.29, 1.82) is 0 Å². The number of alkyl halides is 1. The van der Waals surface area contributed by atoms with Crippen LogP contribution >= 0.6 is 12.4 Å². The van der Waals surface area contributed by atoms with Crippen molar-refractivity contribution in [2.45, 2.75) is 12.6 Å². The SMILES string of the molecule is Cl.O=C(O)[C@H]1CCNC[C@@H]1F. The molecule has 5 heteroatoms. The molecule has 0 aliphatic carbocycles. The fourth-order valence-corrected chi connectivity index (χ4v) is 1.10. The molecule has 66 valence electrons. The maximum absolute atomic E-state index is 12.7. The Morgan fingerprint density at radius 3 is 2.64 bits per heavy atom. The summed E-state index contributed by atoms with van der Waals surface area (Å²) in [7, 11) is 0. The van der Waals surface area contributed by atoms with Gasteiger partial charge in [-0.25, -0.2) is 4.39 Å². The summed E-state index contributed by atoms with van der Waals surface area (Å²) in [5, 5.41) is 11.2. The Morgan fingerprint density at radius 1 is 1.64 bits per heavy atom. The summed E-state index contributed by atoms with van der Waals surface area (Å²) >= 11 is 0. The summed E-state index contributed by atoms with van der Waals surface area (Å²) < 4.78 is 12.7. The lowest BCUT2D eigenvalue weighted by Gasteiger charge is -2.22. The van der Waals surface area contributed by atoms with E-state index in [-0.39, 0.29) is 19.0 Å². The van der Waals surface area contributed by atoms with Crippen molar-refractivity contribution in [2.75, 3.05) is 13.1 Å². The number of piperidine rings is 1. The molecule has 0 aromatic carbocycles. The van der Waals surface area contributed by atoms with Gasteiger partial charge in [0.2, 0.25) is 0 Å². The second-order valence-electron chi connectivity index (χ2n) is 2.45. The zero-order chi connectivity index (χ0) is 7.56. The van der Waals surface area contributed by atoms with Gasteiger partial charge in [0.1, 0.15) is 6.17 Å². The summed E-state index contributed by atoms with van der Waals surface area (Å²) in [6, 6.07) is 0. The van der Waals surface area contributed by atoms with Crippen molar-refractivity contribution in [3.05, 3.63) is 0 Å². The topological polar surface area (TPSA) is 49.3 Å². The van der Waals surface area contributed by atoms with Crippen LogP contribution in [-0.2, 0) is 4.79 Å². The highest BCUT2D eigenvalue weighted by Gasteiger charge is 2.30. The van der Waals surface area contributed by atoms with Crippen LogP contribution in [0.5, 0.6) is 0 Å². The van der Waals surface area contributed by atoms with Gasteiger partial charge in [-0.05, 0) is 13.0 Å². The molecule has 1 fully saturated rings. The second kappa shape index (κ2) is 4.51. The van der Waals surface area contributed by atoms with Gasteiger partial charge in [-0.1, -0.05) is 0 Å². The van der Waals surface area contributed by atoms with E-state index in [2.05, 4.69) is 5.32 Å². The van der Waals surface area contributed by atoms with Crippen LogP contribution in [0, 0.1) is 5.92 Å². The van der Waals surface area contributed by atoms with E-state index in [0.717, 1.165) is 0 Å². The summed E-state index contributed by atoms with van der Waals surface area (Å²) in [6.07, 6.45) is -0.817. The number of hydrogen-bond donors (Lipinski definition) is 2. The fourth-order valence-electron chi connectivity index (χ4n) is 1.10. The van der Waals surface area contributed by atoms with Crippen LogP contribution in [0.2, 0.25) is 0 Å². The van der Waals surface area contributed by atoms with E-state index in [1.54, 1.807) is 0 Å². The molecule has 2 atom stereocenters. The zero-order valence-corrected chi connectivity index (χ0v) is 6.73. The minimum atomic E-state index is -1.22. The second-order valence-corrected chi connectivity index (χ2v) is 2.45. The molecule has 1 aliphatic heterocycles. The van der Waals surface area contributed by atoms with E-state index >= 15 is 0 Å². The van der Waals surface area contributed by atoms with E-state index in [4.69, 9.17) is 5.11 Å². The molecule has 0 bridgehead atoms. The molecule has 1 saturated heterocycles. The normalized spacial score (nSPS) is 30.6. The molecule has 0 saturated carbocycles. The monoisotopic (exact) mass is 183 g/mol. The first-order chi connectivity index (χ1) is 4.72. The van der Waals surface area contributed by atoms with Crippen LogP contribution < -0.4 is 5.32 Å². The minimum Gasteiger partial charge on any atom is -0.481 e. The molecule has 11 heavy (non-hydrogen) atoms. The molecular formula is C6H11ClFNO2. The van der Waals surface area contributed by atoms with Crippen molar-refractivity contribution in [3.8, 4) is 0 Å². The zero-order valence-electron chi connectivity index (χ0n) is 5.92. The van der Waals surface area contributed by atoms with Gasteiger partial charge in [-0.15, -0.1) is 12.4 Å². The van der Waals surface area contributed by atoms with Crippen LogP contribution in [0.4, 0.5) is 4.39 Å². The molecule has 1 rings (SSSR count). The third-order valence-electron chi connectivity index (χ3n) is 1.73. The molecule has 0 aromatic heterocycles. The van der Waals surface area contributed by atoms with Gasteiger partial charge in [0.05, 0.1) is 5.92 Å². The molecule has 2 N–H and O–H groups in total. The lowest BCUT2D eigenvalue weighted by molar-refractivity contribution is -0.144. The van der Waals surface area contributed by atoms with Gasteiger partial charge in [0.15, 0.2) is 0 Å². The summed E-state index contributed by atoms with van der Waals surface area (Å²) in [6.45, 7) is 0.786. The highest BCUT2D eigenvalue weighted by molar-refractivity contribution is 5.85. The highest BCUT2D eigenvalue weighted by atomic mass is 35.5.